The number of aliphatic hydroxyl groups is 3. The number of hydrogen-bond acceptors (Lipinski definition) is 9. The number of aromatic hydroxyl groups is 1. The van der Waals surface area contributed by atoms with Gasteiger partial charge in [-0.1, -0.05) is 19.9 Å². The number of aliphatic hydroxyl groups excluding tert-OH is 2. The van der Waals surface area contributed by atoms with Crippen LogP contribution in [-0.2, 0) is 27.3 Å². The van der Waals surface area contributed by atoms with E-state index in [2.05, 4.69) is 4.90 Å². The highest BCUT2D eigenvalue weighted by molar-refractivity contribution is 6.24. The van der Waals surface area contributed by atoms with Gasteiger partial charge in [-0.25, -0.2) is 0 Å². The van der Waals surface area contributed by atoms with Crippen LogP contribution >= 0.6 is 0 Å². The highest BCUT2D eigenvalue weighted by Crippen LogP contribution is 2.52. The van der Waals surface area contributed by atoms with Gasteiger partial charge in [-0.2, -0.15) is 0 Å². The molecule has 0 saturated heterocycles. The van der Waals surface area contributed by atoms with Gasteiger partial charge in [0, 0.05) is 18.0 Å². The van der Waals surface area contributed by atoms with Crippen LogP contribution in [-0.4, -0.2) is 86.5 Å². The zero-order chi connectivity index (χ0) is 26.7. The molecule has 3 aliphatic rings. The first kappa shape index (κ1) is 25.9. The van der Waals surface area contributed by atoms with Gasteiger partial charge >= 0.3 is 0 Å². The van der Waals surface area contributed by atoms with Gasteiger partial charge in [0.1, 0.15) is 22.8 Å². The number of primary amides is 1. The van der Waals surface area contributed by atoms with E-state index in [1.165, 1.54) is 11.0 Å². The van der Waals surface area contributed by atoms with E-state index in [0.29, 0.717) is 18.5 Å². The molecule has 194 valence electrons. The van der Waals surface area contributed by atoms with Crippen molar-refractivity contribution in [2.45, 2.75) is 44.9 Å². The van der Waals surface area contributed by atoms with Crippen molar-refractivity contribution in [1.29, 1.82) is 0 Å². The number of carbonyl (C=O) groups excluding carboxylic acids is 3. The summed E-state index contributed by atoms with van der Waals surface area (Å²) in [7, 11) is 3.15. The van der Waals surface area contributed by atoms with Crippen molar-refractivity contribution >= 4 is 23.2 Å². The summed E-state index contributed by atoms with van der Waals surface area (Å²) in [5.41, 5.74) is 3.47. The van der Waals surface area contributed by atoms with Crippen molar-refractivity contribution in [3.63, 3.8) is 0 Å². The molecule has 1 aromatic carbocycles. The molecule has 0 heterocycles. The maximum absolute atomic E-state index is 13.8. The molecular formula is C26H33N3O7. The fraction of sp³-hybridized carbons (Fsp3) is 0.500. The summed E-state index contributed by atoms with van der Waals surface area (Å²) in [6.45, 7) is 6.26. The summed E-state index contributed by atoms with van der Waals surface area (Å²) < 4.78 is 0. The Morgan fingerprint density at radius 1 is 1.14 bits per heavy atom. The SMILES string of the molecule is CCN(CC)Cc1ccc(O)c2c1C[C@@H]1C[C@H]3[C@@H](N(C)C)C(=O)C(C(N)=O)=C(O)[C@@]3(O)C(=O)C1=C2O. The van der Waals surface area contributed by atoms with Crippen LogP contribution in [0.2, 0.25) is 0 Å². The third-order valence-electron chi connectivity index (χ3n) is 7.99. The molecule has 10 heteroatoms. The monoisotopic (exact) mass is 499 g/mol. The minimum Gasteiger partial charge on any atom is -0.508 e. The molecule has 1 fully saturated rings. The van der Waals surface area contributed by atoms with Gasteiger partial charge in [0.15, 0.2) is 11.4 Å². The Balaban J connectivity index is 1.92. The minimum absolute atomic E-state index is 0.0755. The van der Waals surface area contributed by atoms with E-state index in [9.17, 15) is 34.8 Å². The molecular weight excluding hydrogens is 466 g/mol. The zero-order valence-corrected chi connectivity index (χ0v) is 20.9. The maximum Gasteiger partial charge on any atom is 0.255 e. The van der Waals surface area contributed by atoms with Crippen molar-refractivity contribution in [2.75, 3.05) is 27.2 Å². The molecule has 0 unspecified atom stereocenters. The molecule has 4 rings (SSSR count). The first-order valence-electron chi connectivity index (χ1n) is 12.1. The topological polar surface area (TPSA) is 165 Å². The van der Waals surface area contributed by atoms with Crippen molar-refractivity contribution in [3.05, 3.63) is 45.7 Å². The van der Waals surface area contributed by atoms with E-state index in [0.717, 1.165) is 18.7 Å². The van der Waals surface area contributed by atoms with Crippen LogP contribution < -0.4 is 5.73 Å². The van der Waals surface area contributed by atoms with Crippen molar-refractivity contribution in [3.8, 4) is 5.75 Å². The lowest BCUT2D eigenvalue weighted by molar-refractivity contribution is -0.153. The Labute approximate surface area is 209 Å². The fourth-order valence-electron chi connectivity index (χ4n) is 6.14. The van der Waals surface area contributed by atoms with Crippen LogP contribution in [0, 0.1) is 11.8 Å². The smallest absolute Gasteiger partial charge is 0.255 e. The fourth-order valence-corrected chi connectivity index (χ4v) is 6.14. The number of likely N-dealkylation sites (N-methyl/N-ethyl adjacent to an activating group) is 1. The molecule has 0 spiro atoms. The highest BCUT2D eigenvalue weighted by atomic mass is 16.3. The number of nitrogens with two attached hydrogens (primary N) is 1. The first-order valence-corrected chi connectivity index (χ1v) is 12.1. The average Bonchev–Trinajstić information content (AvgIpc) is 2.80. The van der Waals surface area contributed by atoms with Crippen LogP contribution in [0.4, 0.5) is 0 Å². The number of fused-ring (bicyclic) bond motifs is 3. The van der Waals surface area contributed by atoms with Crippen molar-refractivity contribution in [2.24, 2.45) is 17.6 Å². The first-order chi connectivity index (χ1) is 16.9. The Morgan fingerprint density at radius 3 is 2.33 bits per heavy atom. The predicted molar refractivity (Wildman–Crippen MR) is 131 cm³/mol. The molecule has 1 amide bonds. The van der Waals surface area contributed by atoms with Gasteiger partial charge in [-0.15, -0.1) is 0 Å². The molecule has 0 aliphatic heterocycles. The highest BCUT2D eigenvalue weighted by Gasteiger charge is 2.64. The molecule has 0 aromatic heterocycles. The number of carbonyl (C=O) groups is 3. The number of amides is 1. The molecule has 1 aromatic rings. The van der Waals surface area contributed by atoms with Gasteiger partial charge in [0.25, 0.3) is 5.91 Å². The van der Waals surface area contributed by atoms with E-state index >= 15 is 0 Å². The van der Waals surface area contributed by atoms with E-state index < -0.39 is 58.0 Å². The quantitative estimate of drug-likeness (QED) is 0.356. The summed E-state index contributed by atoms with van der Waals surface area (Å²) in [5, 5.41) is 44.4. The molecule has 36 heavy (non-hydrogen) atoms. The normalized spacial score (nSPS) is 27.9. The van der Waals surface area contributed by atoms with Gasteiger partial charge in [0.05, 0.1) is 11.6 Å². The zero-order valence-electron chi connectivity index (χ0n) is 20.9. The number of nitrogens with zero attached hydrogens (tertiary/aromatic N) is 2. The molecule has 10 nitrogen and oxygen atoms in total. The number of Topliss-reactive ketones (excluding diaryl/α,β-unsaturated/α-hetero) is 2. The Kier molecular flexibility index (Phi) is 6.48. The summed E-state index contributed by atoms with van der Waals surface area (Å²) >= 11 is 0. The Morgan fingerprint density at radius 2 is 1.78 bits per heavy atom. The third-order valence-corrected chi connectivity index (χ3v) is 7.99. The Bertz CT molecular complexity index is 1210. The number of phenols is 1. The summed E-state index contributed by atoms with van der Waals surface area (Å²) in [4.78, 5) is 42.7. The van der Waals surface area contributed by atoms with Crippen LogP contribution in [0.5, 0.6) is 5.75 Å². The molecule has 3 aliphatic carbocycles. The maximum atomic E-state index is 13.8. The average molecular weight is 500 g/mol. The van der Waals surface area contributed by atoms with E-state index in [1.807, 2.05) is 13.8 Å². The molecule has 4 atom stereocenters. The second kappa shape index (κ2) is 9.02. The molecule has 1 saturated carbocycles. The number of hydrogen-bond donors (Lipinski definition) is 5. The lowest BCUT2D eigenvalue weighted by Gasteiger charge is -2.50. The van der Waals surface area contributed by atoms with Gasteiger partial charge in [-0.05, 0) is 63.1 Å². The van der Waals surface area contributed by atoms with E-state index in [1.54, 1.807) is 20.2 Å². The van der Waals surface area contributed by atoms with E-state index in [-0.39, 0.29) is 23.3 Å². The van der Waals surface area contributed by atoms with Gasteiger partial charge in [-0.3, -0.25) is 24.2 Å². The lowest BCUT2D eigenvalue weighted by atomic mass is 9.57. The molecule has 0 radical (unpaired) electrons. The summed E-state index contributed by atoms with van der Waals surface area (Å²) in [5.74, 6) is -6.44. The Hall–Kier alpha value is -3.21. The lowest BCUT2D eigenvalue weighted by Crippen LogP contribution is -2.65. The minimum atomic E-state index is -2.63. The van der Waals surface area contributed by atoms with Crippen molar-refractivity contribution in [1.82, 2.24) is 9.80 Å². The van der Waals surface area contributed by atoms with Gasteiger partial charge in [0.2, 0.25) is 5.78 Å². The number of benzene rings is 1. The second-order valence-electron chi connectivity index (χ2n) is 10.0. The third kappa shape index (κ3) is 3.55. The van der Waals surface area contributed by atoms with Crippen LogP contribution in [0.15, 0.2) is 29.0 Å². The largest absolute Gasteiger partial charge is 0.508 e. The van der Waals surface area contributed by atoms with Crippen LogP contribution in [0.3, 0.4) is 0 Å². The van der Waals surface area contributed by atoms with Crippen molar-refractivity contribution < 1.29 is 34.8 Å². The predicted octanol–water partition coefficient (Wildman–Crippen LogP) is 0.806. The van der Waals surface area contributed by atoms with Crippen LogP contribution in [0.25, 0.3) is 5.76 Å². The second-order valence-corrected chi connectivity index (χ2v) is 10.0. The standard InChI is InChI=1S/C26H33N3O7/c1-5-29(6-2)11-12-7-8-16(30)18-14(12)9-13-10-15-20(28(3)4)22(32)19(25(27)35)24(34)26(15,36)23(33)17(13)21(18)31/h7-8,13,15,20,30-31,34,36H,5-6,9-11H2,1-4H3,(H2,27,35)/t13-,15+,20-,26+/m1/s1. The number of ketones is 2. The summed E-state index contributed by atoms with van der Waals surface area (Å²) in [6.07, 6.45) is 0.367. The van der Waals surface area contributed by atoms with E-state index in [4.69, 9.17) is 5.73 Å². The molecule has 6 N–H and O–H groups in total. The van der Waals surface area contributed by atoms with Gasteiger partial charge < -0.3 is 26.2 Å². The van der Waals surface area contributed by atoms with Crippen LogP contribution in [0.1, 0.15) is 37.0 Å². The number of phenolic OH excluding ortho intramolecular Hbond substituents is 1. The molecule has 0 bridgehead atoms. The number of rotatable bonds is 6. The summed E-state index contributed by atoms with van der Waals surface area (Å²) in [6, 6.07) is 2.16.